The predicted octanol–water partition coefficient (Wildman–Crippen LogP) is 3.48. The SMILES string of the molecule is Cc1ccc(C(C)C)cc1.Nc1nc(N)nc(-c2[c-]cccc2)n1.O.[Cl][Ru+]. The minimum atomic E-state index is 0. The number of anilines is 2. The second-order valence-corrected chi connectivity index (χ2v) is 5.72. The van der Waals surface area contributed by atoms with Crippen LogP contribution in [0, 0.1) is 13.0 Å². The maximum atomic E-state index is 5.44. The summed E-state index contributed by atoms with van der Waals surface area (Å²) in [6.45, 7) is 6.54. The second kappa shape index (κ2) is 13.1. The van der Waals surface area contributed by atoms with E-state index in [0.717, 1.165) is 5.56 Å². The molecular weight excluding hydrogens is 451 g/mol. The van der Waals surface area contributed by atoms with Crippen LogP contribution in [0.25, 0.3) is 11.4 Å². The first-order valence-corrected chi connectivity index (χ1v) is 10.1. The third-order valence-electron chi connectivity index (χ3n) is 3.36. The number of rotatable bonds is 2. The van der Waals surface area contributed by atoms with Gasteiger partial charge in [-0.05, 0) is 18.4 Å². The summed E-state index contributed by atoms with van der Waals surface area (Å²) in [5, 5.41) is 0. The zero-order valence-electron chi connectivity index (χ0n) is 15.4. The molecule has 0 saturated carbocycles. The molecule has 1 aromatic heterocycles. The van der Waals surface area contributed by atoms with E-state index in [4.69, 9.17) is 11.5 Å². The molecule has 3 rings (SSSR count). The van der Waals surface area contributed by atoms with E-state index >= 15 is 0 Å². The zero-order chi connectivity index (χ0) is 19.5. The van der Waals surface area contributed by atoms with E-state index in [2.05, 4.69) is 75.7 Å². The van der Waals surface area contributed by atoms with Gasteiger partial charge in [0.2, 0.25) is 11.9 Å². The Bertz CT molecular complexity index is 766. The third-order valence-corrected chi connectivity index (χ3v) is 3.36. The number of halogens is 1. The molecule has 0 saturated heterocycles. The molecule has 3 aromatic rings. The molecule has 27 heavy (non-hydrogen) atoms. The predicted molar refractivity (Wildman–Crippen MR) is 108 cm³/mol. The summed E-state index contributed by atoms with van der Waals surface area (Å²) < 4.78 is 0. The van der Waals surface area contributed by atoms with Crippen LogP contribution in [-0.2, 0) is 17.3 Å². The second-order valence-electron chi connectivity index (χ2n) is 5.72. The van der Waals surface area contributed by atoms with Crippen molar-refractivity contribution < 1.29 is 22.8 Å². The van der Waals surface area contributed by atoms with Crippen molar-refractivity contribution in [1.82, 2.24) is 15.0 Å². The van der Waals surface area contributed by atoms with Crippen LogP contribution < -0.4 is 11.5 Å². The molecule has 0 amide bonds. The third kappa shape index (κ3) is 8.91. The summed E-state index contributed by atoms with van der Waals surface area (Å²) in [6.07, 6.45) is 0. The Hall–Kier alpha value is -2.08. The van der Waals surface area contributed by atoms with Crippen molar-refractivity contribution in [3.05, 3.63) is 65.7 Å². The van der Waals surface area contributed by atoms with Gasteiger partial charge in [0.1, 0.15) is 0 Å². The molecule has 0 unspecified atom stereocenters. The van der Waals surface area contributed by atoms with Gasteiger partial charge in [-0.15, -0.1) is 35.9 Å². The fourth-order valence-electron chi connectivity index (χ4n) is 2.01. The van der Waals surface area contributed by atoms with Crippen LogP contribution in [0.3, 0.4) is 0 Å². The Morgan fingerprint density at radius 2 is 1.48 bits per heavy atom. The molecule has 0 spiro atoms. The monoisotopic (exact) mass is 475 g/mol. The molecule has 8 heteroatoms. The summed E-state index contributed by atoms with van der Waals surface area (Å²) >= 11 is 1.82. The molecule has 1 heterocycles. The maximum absolute atomic E-state index is 5.44. The molecular formula is C19H24ClN5ORu. The molecule has 0 radical (unpaired) electrons. The number of nitrogen functional groups attached to an aromatic ring is 2. The van der Waals surface area contributed by atoms with Crippen molar-refractivity contribution in [3.63, 3.8) is 0 Å². The van der Waals surface area contributed by atoms with Gasteiger partial charge in [0.25, 0.3) is 0 Å². The number of nitrogens with two attached hydrogens (primary N) is 2. The molecule has 2 aromatic carbocycles. The van der Waals surface area contributed by atoms with Crippen LogP contribution >= 0.6 is 9.69 Å². The Kier molecular flexibility index (Phi) is 12.1. The average Bonchev–Trinajstić information content (AvgIpc) is 2.64. The number of aryl methyl sites for hydroxylation is 1. The molecule has 0 atom stereocenters. The topological polar surface area (TPSA) is 122 Å². The van der Waals surface area contributed by atoms with Gasteiger partial charge in [-0.25, -0.2) is 9.97 Å². The van der Waals surface area contributed by atoms with E-state index < -0.39 is 0 Å². The van der Waals surface area contributed by atoms with Gasteiger partial charge < -0.3 is 16.9 Å². The Labute approximate surface area is 174 Å². The van der Waals surface area contributed by atoms with E-state index in [1.807, 2.05) is 35.5 Å². The van der Waals surface area contributed by atoms with E-state index in [1.54, 1.807) is 6.07 Å². The van der Waals surface area contributed by atoms with Gasteiger partial charge in [0.15, 0.2) is 0 Å². The molecule has 146 valence electrons. The Balaban J connectivity index is 0.000000463. The first-order valence-electron chi connectivity index (χ1n) is 7.89. The van der Waals surface area contributed by atoms with E-state index in [1.165, 1.54) is 11.1 Å². The van der Waals surface area contributed by atoms with E-state index in [-0.39, 0.29) is 17.4 Å². The molecule has 0 bridgehead atoms. The standard InChI is InChI=1S/C10H14.C9H8N5.ClH.H2O.Ru/c1-8(2)10-6-4-9(3)5-7-10;10-8-12-7(13-9(11)14-8)6-4-2-1-3-5-6;;;/h4-8H,1-3H3;1-4H,(H4,10,11,12,13,14);1H;1H2;/q;-1;;;+2/p-1. The molecule has 6 nitrogen and oxygen atoms in total. The summed E-state index contributed by atoms with van der Waals surface area (Å²) in [5.41, 5.74) is 14.4. The summed E-state index contributed by atoms with van der Waals surface area (Å²) in [4.78, 5) is 11.6. The Morgan fingerprint density at radius 3 is 1.93 bits per heavy atom. The number of aromatic nitrogens is 3. The fraction of sp³-hybridized carbons (Fsp3) is 0.211. The van der Waals surface area contributed by atoms with Crippen LogP contribution in [0.1, 0.15) is 30.9 Å². The normalized spacial score (nSPS) is 9.26. The van der Waals surface area contributed by atoms with Gasteiger partial charge in [-0.3, -0.25) is 0 Å². The van der Waals surface area contributed by atoms with Gasteiger partial charge >= 0.3 is 27.0 Å². The minimum absolute atomic E-state index is 0. The van der Waals surface area contributed by atoms with Crippen LogP contribution in [-0.4, -0.2) is 20.4 Å². The molecule has 0 aliphatic heterocycles. The van der Waals surface area contributed by atoms with Gasteiger partial charge in [-0.2, -0.15) is 4.98 Å². The van der Waals surface area contributed by atoms with Crippen molar-refractivity contribution >= 4 is 21.6 Å². The van der Waals surface area contributed by atoms with Crippen LogP contribution in [0.5, 0.6) is 0 Å². The summed E-state index contributed by atoms with van der Waals surface area (Å²) in [5.74, 6) is 1.32. The first-order chi connectivity index (χ1) is 12.5. The molecule has 0 aliphatic carbocycles. The average molecular weight is 475 g/mol. The van der Waals surface area contributed by atoms with Crippen molar-refractivity contribution in [3.8, 4) is 11.4 Å². The van der Waals surface area contributed by atoms with Crippen molar-refractivity contribution in [2.24, 2.45) is 0 Å². The van der Waals surface area contributed by atoms with E-state index in [9.17, 15) is 0 Å². The van der Waals surface area contributed by atoms with Gasteiger partial charge in [-0.1, -0.05) is 43.7 Å². The number of hydrogen-bond acceptors (Lipinski definition) is 5. The number of benzene rings is 2. The Morgan fingerprint density at radius 1 is 0.926 bits per heavy atom. The van der Waals surface area contributed by atoms with E-state index in [0.29, 0.717) is 11.7 Å². The van der Waals surface area contributed by atoms with Gasteiger partial charge in [0, 0.05) is 0 Å². The molecule has 0 aliphatic rings. The zero-order valence-corrected chi connectivity index (χ0v) is 17.9. The molecule has 6 N–H and O–H groups in total. The number of nitrogens with zero attached hydrogens (tertiary/aromatic N) is 3. The molecule has 0 fully saturated rings. The van der Waals surface area contributed by atoms with Crippen molar-refractivity contribution in [2.75, 3.05) is 11.5 Å². The van der Waals surface area contributed by atoms with Gasteiger partial charge in [0.05, 0.1) is 5.82 Å². The number of hydrogen-bond donors (Lipinski definition) is 2. The summed E-state index contributed by atoms with van der Waals surface area (Å²) in [6, 6.07) is 19.0. The van der Waals surface area contributed by atoms with Crippen LogP contribution in [0.2, 0.25) is 0 Å². The fourth-order valence-corrected chi connectivity index (χ4v) is 2.01. The first kappa shape index (κ1) is 24.9. The summed E-state index contributed by atoms with van der Waals surface area (Å²) in [7, 11) is 4.57. The van der Waals surface area contributed by atoms with Crippen molar-refractivity contribution in [2.45, 2.75) is 26.7 Å². The quantitative estimate of drug-likeness (QED) is 0.435. The van der Waals surface area contributed by atoms with Crippen molar-refractivity contribution in [1.29, 1.82) is 0 Å². The van der Waals surface area contributed by atoms with Crippen LogP contribution in [0.15, 0.2) is 48.5 Å². The van der Waals surface area contributed by atoms with Crippen LogP contribution in [0.4, 0.5) is 11.9 Å².